The molecule has 1 aliphatic heterocycles. The van der Waals surface area contributed by atoms with Crippen LogP contribution in [0.15, 0.2) is 24.3 Å². The minimum absolute atomic E-state index is 0.193. The Kier molecular flexibility index (Phi) is 3.85. The lowest BCUT2D eigenvalue weighted by atomic mass is 9.92. The van der Waals surface area contributed by atoms with Crippen molar-refractivity contribution >= 4 is 17.6 Å². The second-order valence-corrected chi connectivity index (χ2v) is 4.83. The number of nitrogens with two attached hydrogens (primary N) is 1. The molecular weight excluding hydrogens is 244 g/mol. The Morgan fingerprint density at radius 1 is 1.47 bits per heavy atom. The lowest BCUT2D eigenvalue weighted by molar-refractivity contribution is -0.141. The summed E-state index contributed by atoms with van der Waals surface area (Å²) in [6, 6.07) is 6.82. The highest BCUT2D eigenvalue weighted by atomic mass is 16.4. The van der Waals surface area contributed by atoms with E-state index in [1.54, 1.807) is 0 Å². The fraction of sp³-hybridized carbons (Fsp3) is 0.429. The van der Waals surface area contributed by atoms with Crippen LogP contribution < -0.4 is 10.6 Å². The van der Waals surface area contributed by atoms with Gasteiger partial charge in [-0.15, -0.1) is 0 Å². The quantitative estimate of drug-likeness (QED) is 0.851. The average Bonchev–Trinajstić information content (AvgIpc) is 2.44. The number of rotatable bonds is 3. The van der Waals surface area contributed by atoms with Crippen LogP contribution in [-0.2, 0) is 16.0 Å². The van der Waals surface area contributed by atoms with Crippen LogP contribution >= 0.6 is 0 Å². The minimum Gasteiger partial charge on any atom is -0.481 e. The Morgan fingerprint density at radius 3 is 2.79 bits per heavy atom. The van der Waals surface area contributed by atoms with Crippen LogP contribution in [0.2, 0.25) is 0 Å². The summed E-state index contributed by atoms with van der Waals surface area (Å²) >= 11 is 0. The molecule has 0 aliphatic carbocycles. The largest absolute Gasteiger partial charge is 0.481 e. The molecule has 19 heavy (non-hydrogen) atoms. The number of carboxylic acid groups (broad SMARTS) is 1. The molecule has 3 N–H and O–H groups in total. The molecule has 2 rings (SSSR count). The molecule has 1 aromatic rings. The molecule has 5 heteroatoms. The second kappa shape index (κ2) is 5.40. The number of hydrogen-bond acceptors (Lipinski definition) is 3. The number of hydrogen-bond donors (Lipinski definition) is 2. The van der Waals surface area contributed by atoms with Gasteiger partial charge in [0.25, 0.3) is 0 Å². The molecule has 102 valence electrons. The summed E-state index contributed by atoms with van der Waals surface area (Å²) < 4.78 is 0. The first-order valence-corrected chi connectivity index (χ1v) is 6.42. The number of para-hydroxylation sites is 1. The van der Waals surface area contributed by atoms with Crippen LogP contribution in [0.5, 0.6) is 0 Å². The molecule has 1 heterocycles. The van der Waals surface area contributed by atoms with Gasteiger partial charge in [-0.1, -0.05) is 25.1 Å². The maximum atomic E-state index is 12.3. The monoisotopic (exact) mass is 262 g/mol. The van der Waals surface area contributed by atoms with E-state index in [1.807, 2.05) is 31.2 Å². The molecule has 0 saturated carbocycles. The molecule has 0 fully saturated rings. The molecule has 0 saturated heterocycles. The lowest BCUT2D eigenvalue weighted by Crippen LogP contribution is -2.49. The topological polar surface area (TPSA) is 83.6 Å². The highest BCUT2D eigenvalue weighted by molar-refractivity contribution is 5.99. The van der Waals surface area contributed by atoms with Gasteiger partial charge in [0, 0.05) is 12.2 Å². The van der Waals surface area contributed by atoms with E-state index in [0.29, 0.717) is 12.8 Å². The summed E-state index contributed by atoms with van der Waals surface area (Å²) in [4.78, 5) is 25.0. The van der Waals surface area contributed by atoms with Gasteiger partial charge in [-0.05, 0) is 24.5 Å². The number of carbonyl (C=O) groups excluding carboxylic acids is 1. The molecule has 0 spiro atoms. The molecule has 2 atom stereocenters. The normalized spacial score (nSPS) is 19.7. The molecule has 1 amide bonds. The standard InChI is InChI=1S/C14H18N2O3/c1-2-11(15)13(17)16-8-10(14(18)19)7-9-5-3-4-6-12(9)16/h3-6,10-11H,2,7-8,15H2,1H3,(H,18,19)/t10?,11-/m0/s1. The SMILES string of the molecule is CC[C@H](N)C(=O)N1CC(C(=O)O)Cc2ccccc21. The molecule has 0 bridgehead atoms. The summed E-state index contributed by atoms with van der Waals surface area (Å²) in [6.45, 7) is 2.03. The first-order valence-electron chi connectivity index (χ1n) is 6.42. The smallest absolute Gasteiger partial charge is 0.308 e. The number of benzene rings is 1. The second-order valence-electron chi connectivity index (χ2n) is 4.83. The van der Waals surface area contributed by atoms with Crippen molar-refractivity contribution in [1.29, 1.82) is 0 Å². The molecule has 0 aromatic heterocycles. The van der Waals surface area contributed by atoms with Crippen LogP contribution in [0.1, 0.15) is 18.9 Å². The zero-order valence-corrected chi connectivity index (χ0v) is 10.9. The van der Waals surface area contributed by atoms with Crippen molar-refractivity contribution in [3.05, 3.63) is 29.8 Å². The van der Waals surface area contributed by atoms with E-state index in [2.05, 4.69) is 0 Å². The van der Waals surface area contributed by atoms with E-state index in [4.69, 9.17) is 5.73 Å². The number of fused-ring (bicyclic) bond motifs is 1. The van der Waals surface area contributed by atoms with Gasteiger partial charge in [0.05, 0.1) is 12.0 Å². The third-order valence-corrected chi connectivity index (χ3v) is 3.52. The zero-order chi connectivity index (χ0) is 14.0. The zero-order valence-electron chi connectivity index (χ0n) is 10.9. The Labute approximate surface area is 112 Å². The van der Waals surface area contributed by atoms with Crippen LogP contribution in [-0.4, -0.2) is 29.6 Å². The summed E-state index contributed by atoms with van der Waals surface area (Å²) in [5.74, 6) is -1.65. The van der Waals surface area contributed by atoms with E-state index < -0.39 is 17.9 Å². The van der Waals surface area contributed by atoms with E-state index in [1.165, 1.54) is 4.90 Å². The number of amides is 1. The third kappa shape index (κ3) is 2.61. The van der Waals surface area contributed by atoms with E-state index in [-0.39, 0.29) is 12.5 Å². The lowest BCUT2D eigenvalue weighted by Gasteiger charge is -2.34. The molecule has 1 unspecified atom stereocenters. The van der Waals surface area contributed by atoms with Crippen molar-refractivity contribution in [2.45, 2.75) is 25.8 Å². The van der Waals surface area contributed by atoms with Crippen molar-refractivity contribution in [3.63, 3.8) is 0 Å². The highest BCUT2D eigenvalue weighted by Gasteiger charge is 2.33. The Balaban J connectivity index is 2.36. The van der Waals surface area contributed by atoms with Crippen LogP contribution in [0.25, 0.3) is 0 Å². The van der Waals surface area contributed by atoms with Crippen LogP contribution in [0.3, 0.4) is 0 Å². The first kappa shape index (κ1) is 13.5. The highest BCUT2D eigenvalue weighted by Crippen LogP contribution is 2.30. The third-order valence-electron chi connectivity index (χ3n) is 3.52. The maximum absolute atomic E-state index is 12.3. The molecule has 5 nitrogen and oxygen atoms in total. The number of aliphatic carboxylic acids is 1. The van der Waals surface area contributed by atoms with Crippen molar-refractivity contribution in [2.24, 2.45) is 11.7 Å². The van der Waals surface area contributed by atoms with E-state index in [9.17, 15) is 14.7 Å². The van der Waals surface area contributed by atoms with Crippen molar-refractivity contribution in [3.8, 4) is 0 Å². The molecule has 1 aromatic carbocycles. The minimum atomic E-state index is -0.877. The average molecular weight is 262 g/mol. The van der Waals surface area contributed by atoms with Gasteiger partial charge in [0.2, 0.25) is 5.91 Å². The van der Waals surface area contributed by atoms with Gasteiger partial charge >= 0.3 is 5.97 Å². The number of anilines is 1. The Hall–Kier alpha value is -1.88. The molecule has 0 radical (unpaired) electrons. The van der Waals surface area contributed by atoms with Gasteiger partial charge in [-0.25, -0.2) is 0 Å². The van der Waals surface area contributed by atoms with Crippen molar-refractivity contribution < 1.29 is 14.7 Å². The van der Waals surface area contributed by atoms with Gasteiger partial charge in [0.1, 0.15) is 0 Å². The van der Waals surface area contributed by atoms with Crippen LogP contribution in [0, 0.1) is 5.92 Å². The van der Waals surface area contributed by atoms with Gasteiger partial charge in [0.15, 0.2) is 0 Å². The number of carboxylic acids is 1. The summed E-state index contributed by atoms with van der Waals surface area (Å²) in [7, 11) is 0. The summed E-state index contributed by atoms with van der Waals surface area (Å²) in [6.07, 6.45) is 0.992. The Bertz CT molecular complexity index is 501. The van der Waals surface area contributed by atoms with Gasteiger partial charge in [-0.2, -0.15) is 0 Å². The Morgan fingerprint density at radius 2 is 2.16 bits per heavy atom. The predicted octanol–water partition coefficient (Wildman–Crippen LogP) is 1.01. The van der Waals surface area contributed by atoms with Crippen LogP contribution in [0.4, 0.5) is 5.69 Å². The maximum Gasteiger partial charge on any atom is 0.308 e. The predicted molar refractivity (Wildman–Crippen MR) is 71.9 cm³/mol. The van der Waals surface area contributed by atoms with E-state index in [0.717, 1.165) is 11.3 Å². The molecule has 1 aliphatic rings. The number of carbonyl (C=O) groups is 2. The summed E-state index contributed by atoms with van der Waals surface area (Å²) in [5.41, 5.74) is 7.46. The fourth-order valence-corrected chi connectivity index (χ4v) is 2.34. The first-order chi connectivity index (χ1) is 9.04. The summed E-state index contributed by atoms with van der Waals surface area (Å²) in [5, 5.41) is 9.19. The van der Waals surface area contributed by atoms with Gasteiger partial charge < -0.3 is 15.7 Å². The van der Waals surface area contributed by atoms with Gasteiger partial charge in [-0.3, -0.25) is 9.59 Å². The number of nitrogens with zero attached hydrogens (tertiary/aromatic N) is 1. The van der Waals surface area contributed by atoms with Crippen molar-refractivity contribution in [1.82, 2.24) is 0 Å². The fourth-order valence-electron chi connectivity index (χ4n) is 2.34. The van der Waals surface area contributed by atoms with E-state index >= 15 is 0 Å². The van der Waals surface area contributed by atoms with Crippen molar-refractivity contribution in [2.75, 3.05) is 11.4 Å². The molecular formula is C14H18N2O3.